The zero-order valence-electron chi connectivity index (χ0n) is 17.9. The highest BCUT2D eigenvalue weighted by Crippen LogP contribution is 2.38. The van der Waals surface area contributed by atoms with Crippen molar-refractivity contribution in [1.82, 2.24) is 14.9 Å². The monoisotopic (exact) mass is 428 g/mol. The first-order chi connectivity index (χ1) is 15.7. The molecule has 6 rings (SSSR count). The summed E-state index contributed by atoms with van der Waals surface area (Å²) in [6, 6.07) is 12.2. The minimum absolute atomic E-state index is 0.0995. The van der Waals surface area contributed by atoms with Gasteiger partial charge in [0, 0.05) is 49.2 Å². The first-order valence-electron chi connectivity index (χ1n) is 11.0. The zero-order valence-corrected chi connectivity index (χ0v) is 17.9. The van der Waals surface area contributed by atoms with Crippen LogP contribution in [-0.4, -0.2) is 47.2 Å². The molecule has 7 heteroatoms. The quantitative estimate of drug-likeness (QED) is 0.399. The van der Waals surface area contributed by atoms with Gasteiger partial charge in [0.2, 0.25) is 0 Å². The highest BCUT2D eigenvalue weighted by molar-refractivity contribution is 5.92. The molecule has 2 aliphatic rings. The number of aromatic nitrogens is 3. The van der Waals surface area contributed by atoms with Crippen LogP contribution in [-0.2, 0) is 0 Å². The van der Waals surface area contributed by atoms with Crippen molar-refractivity contribution in [3.63, 3.8) is 0 Å². The Morgan fingerprint density at radius 1 is 1.22 bits per heavy atom. The van der Waals surface area contributed by atoms with E-state index in [1.165, 1.54) is 28.2 Å². The van der Waals surface area contributed by atoms with E-state index in [0.717, 1.165) is 36.3 Å². The van der Waals surface area contributed by atoms with Crippen LogP contribution in [0.4, 0.5) is 0 Å². The first kappa shape index (κ1) is 19.1. The smallest absolute Gasteiger partial charge is 0.298 e. The number of fused-ring (bicyclic) bond motifs is 4. The van der Waals surface area contributed by atoms with E-state index in [1.54, 1.807) is 6.92 Å². The molecule has 0 fully saturated rings. The van der Waals surface area contributed by atoms with Crippen LogP contribution < -0.4 is 14.2 Å². The second kappa shape index (κ2) is 7.53. The highest BCUT2D eigenvalue weighted by atomic mass is 16.6. The van der Waals surface area contributed by atoms with Gasteiger partial charge in [0.1, 0.15) is 24.3 Å². The Morgan fingerprint density at radius 2 is 2.12 bits per heavy atom. The summed E-state index contributed by atoms with van der Waals surface area (Å²) in [4.78, 5) is 10.1. The average molecular weight is 428 g/mol. The summed E-state index contributed by atoms with van der Waals surface area (Å²) in [7, 11) is 0. The van der Waals surface area contributed by atoms with Gasteiger partial charge in [0.15, 0.2) is 17.0 Å². The number of benzene rings is 2. The van der Waals surface area contributed by atoms with Crippen molar-refractivity contribution in [3.8, 4) is 11.5 Å². The van der Waals surface area contributed by atoms with Gasteiger partial charge in [-0.25, -0.2) is 4.73 Å². The molecule has 4 aromatic rings. The van der Waals surface area contributed by atoms with Crippen molar-refractivity contribution in [2.75, 3.05) is 26.2 Å². The van der Waals surface area contributed by atoms with Crippen molar-refractivity contribution >= 4 is 27.4 Å². The lowest BCUT2D eigenvalue weighted by atomic mass is 9.99. The summed E-state index contributed by atoms with van der Waals surface area (Å²) >= 11 is 0. The predicted octanol–water partition coefficient (Wildman–Crippen LogP) is 3.59. The third-order valence-electron chi connectivity index (χ3n) is 6.38. The lowest BCUT2D eigenvalue weighted by molar-refractivity contribution is -0.614. The molecule has 2 aromatic heterocycles. The Labute approximate surface area is 185 Å². The van der Waals surface area contributed by atoms with Crippen LogP contribution in [0.25, 0.3) is 27.4 Å². The van der Waals surface area contributed by atoms with Crippen molar-refractivity contribution < 1.29 is 14.2 Å². The maximum absolute atomic E-state index is 12.1. The molecule has 32 heavy (non-hydrogen) atoms. The molecule has 1 atom stereocenters. The van der Waals surface area contributed by atoms with Gasteiger partial charge in [0.05, 0.1) is 0 Å². The summed E-state index contributed by atoms with van der Waals surface area (Å²) in [5.74, 6) is 1.69. The van der Waals surface area contributed by atoms with Crippen molar-refractivity contribution in [3.05, 3.63) is 71.5 Å². The van der Waals surface area contributed by atoms with Crippen LogP contribution in [0.5, 0.6) is 11.5 Å². The summed E-state index contributed by atoms with van der Waals surface area (Å²) < 4.78 is 13.1. The molecule has 2 aromatic carbocycles. The van der Waals surface area contributed by atoms with Crippen LogP contribution in [0.1, 0.15) is 17.8 Å². The Kier molecular flexibility index (Phi) is 4.50. The van der Waals surface area contributed by atoms with Crippen LogP contribution in [0, 0.1) is 12.1 Å². The Bertz CT molecular complexity index is 1360. The number of ether oxygens (including phenoxy) is 2. The molecule has 162 valence electrons. The standard InChI is InChI=1S/C25H24N4O3/c1-16-27-23-6-7-24-25(21(23)14-29(16)30)32-18(15-31-24)13-28-10-8-17(9-11-28)20-12-26-22-5-3-2-4-19(20)22/h2-8,12,14,18,26H,9-11,13,15H2,1H3. The third kappa shape index (κ3) is 3.26. The molecule has 0 radical (unpaired) electrons. The fourth-order valence-electron chi connectivity index (χ4n) is 4.68. The number of rotatable bonds is 3. The SMILES string of the molecule is Cc1nc2ccc3c(c2c[n+]1[O-])OC(CN1CC=C(c2c[nH]c4ccccc24)CC1)CO3. The maximum atomic E-state index is 12.1. The molecule has 0 spiro atoms. The number of aryl methyl sites for hydroxylation is 1. The maximum Gasteiger partial charge on any atom is 0.298 e. The molecular formula is C25H24N4O3. The molecule has 4 heterocycles. The normalized spacial score (nSPS) is 18.8. The zero-order chi connectivity index (χ0) is 21.7. The van der Waals surface area contributed by atoms with Crippen molar-refractivity contribution in [2.24, 2.45) is 0 Å². The number of hydrogen-bond acceptors (Lipinski definition) is 5. The molecule has 1 unspecified atom stereocenters. The third-order valence-corrected chi connectivity index (χ3v) is 6.38. The van der Waals surface area contributed by atoms with Gasteiger partial charge in [-0.15, -0.1) is 0 Å². The van der Waals surface area contributed by atoms with Gasteiger partial charge in [-0.1, -0.05) is 24.3 Å². The van der Waals surface area contributed by atoms with E-state index in [0.29, 0.717) is 29.3 Å². The van der Waals surface area contributed by atoms with Crippen molar-refractivity contribution in [1.29, 1.82) is 0 Å². The molecule has 0 amide bonds. The van der Waals surface area contributed by atoms with Gasteiger partial charge in [-0.2, -0.15) is 0 Å². The molecule has 0 saturated carbocycles. The van der Waals surface area contributed by atoms with Gasteiger partial charge >= 0.3 is 0 Å². The second-order valence-electron chi connectivity index (χ2n) is 8.48. The van der Waals surface area contributed by atoms with Gasteiger partial charge in [-0.3, -0.25) is 4.90 Å². The van der Waals surface area contributed by atoms with E-state index < -0.39 is 0 Å². The summed E-state index contributed by atoms with van der Waals surface area (Å²) in [5.41, 5.74) is 4.60. The molecule has 7 nitrogen and oxygen atoms in total. The Balaban J connectivity index is 1.18. The number of hydrogen-bond donors (Lipinski definition) is 1. The molecule has 2 aliphatic heterocycles. The van der Waals surface area contributed by atoms with Crippen molar-refractivity contribution in [2.45, 2.75) is 19.4 Å². The van der Waals surface area contributed by atoms with E-state index in [-0.39, 0.29) is 6.10 Å². The Morgan fingerprint density at radius 3 is 3.00 bits per heavy atom. The van der Waals surface area contributed by atoms with E-state index in [4.69, 9.17) is 9.47 Å². The van der Waals surface area contributed by atoms with Crippen LogP contribution in [0.15, 0.2) is 54.9 Å². The lowest BCUT2D eigenvalue weighted by Gasteiger charge is -2.33. The Hall–Kier alpha value is -3.58. The first-order valence-corrected chi connectivity index (χ1v) is 11.0. The minimum Gasteiger partial charge on any atom is -0.711 e. The molecule has 0 bridgehead atoms. The lowest BCUT2D eigenvalue weighted by Crippen LogP contribution is -2.42. The van der Waals surface area contributed by atoms with E-state index in [1.807, 2.05) is 12.1 Å². The largest absolute Gasteiger partial charge is 0.711 e. The highest BCUT2D eigenvalue weighted by Gasteiger charge is 2.27. The minimum atomic E-state index is -0.0995. The van der Waals surface area contributed by atoms with Crippen LogP contribution >= 0.6 is 0 Å². The van der Waals surface area contributed by atoms with Crippen LogP contribution in [0.3, 0.4) is 0 Å². The van der Waals surface area contributed by atoms with Gasteiger partial charge in [-0.05, 0) is 35.2 Å². The number of nitrogens with one attached hydrogen (secondary N) is 1. The number of aromatic amines is 1. The summed E-state index contributed by atoms with van der Waals surface area (Å²) in [5, 5.41) is 14.0. The molecule has 0 aliphatic carbocycles. The molecule has 0 saturated heterocycles. The second-order valence-corrected chi connectivity index (χ2v) is 8.48. The average Bonchev–Trinajstić information content (AvgIpc) is 3.25. The number of H-pyrrole nitrogens is 1. The van der Waals surface area contributed by atoms with E-state index in [9.17, 15) is 5.21 Å². The summed E-state index contributed by atoms with van der Waals surface area (Å²) in [6.45, 7) is 4.79. The molecule has 1 N–H and O–H groups in total. The predicted molar refractivity (Wildman–Crippen MR) is 123 cm³/mol. The van der Waals surface area contributed by atoms with Crippen LogP contribution in [0.2, 0.25) is 0 Å². The fourth-order valence-corrected chi connectivity index (χ4v) is 4.68. The van der Waals surface area contributed by atoms with E-state index >= 15 is 0 Å². The fraction of sp³-hybridized carbons (Fsp3) is 0.280. The van der Waals surface area contributed by atoms with E-state index in [2.05, 4.69) is 51.4 Å². The number of nitrogens with zero attached hydrogens (tertiary/aromatic N) is 3. The topological polar surface area (TPSA) is 77.3 Å². The van der Waals surface area contributed by atoms with Gasteiger partial charge in [0.25, 0.3) is 5.82 Å². The molecular weight excluding hydrogens is 404 g/mol. The van der Waals surface area contributed by atoms with Gasteiger partial charge < -0.3 is 19.7 Å². The number of para-hydroxylation sites is 1. The summed E-state index contributed by atoms with van der Waals surface area (Å²) in [6.07, 6.45) is 6.86.